The number of hydrogen-bond donors (Lipinski definition) is 1. The van der Waals surface area contributed by atoms with Crippen molar-refractivity contribution >= 4 is 16.5 Å². The molecule has 0 bridgehead atoms. The number of aliphatic hydroxyl groups excluding tert-OH is 1. The lowest BCUT2D eigenvalue weighted by Gasteiger charge is -2.35. The van der Waals surface area contributed by atoms with E-state index in [1.165, 1.54) is 4.88 Å². The molecule has 1 aromatic rings. The van der Waals surface area contributed by atoms with E-state index in [-0.39, 0.29) is 18.3 Å². The van der Waals surface area contributed by atoms with Crippen LogP contribution in [0.4, 0.5) is 5.13 Å². The third-order valence-corrected chi connectivity index (χ3v) is 4.80. The van der Waals surface area contributed by atoms with Crippen molar-refractivity contribution in [2.75, 3.05) is 18.0 Å². The van der Waals surface area contributed by atoms with Crippen LogP contribution in [0.15, 0.2) is 0 Å². The van der Waals surface area contributed by atoms with Gasteiger partial charge in [0, 0.05) is 18.0 Å². The highest BCUT2D eigenvalue weighted by molar-refractivity contribution is 7.15. The van der Waals surface area contributed by atoms with Crippen molar-refractivity contribution in [1.29, 1.82) is 0 Å². The number of fused-ring (bicyclic) bond motifs is 1. The molecular formula is C13H20N2O2S. The minimum absolute atomic E-state index is 0.250. The maximum atomic E-state index is 9.98. The lowest BCUT2D eigenvalue weighted by molar-refractivity contribution is -0.00524. The minimum Gasteiger partial charge on any atom is -0.387 e. The van der Waals surface area contributed by atoms with Crippen molar-refractivity contribution in [2.45, 2.75) is 51.4 Å². The van der Waals surface area contributed by atoms with Crippen LogP contribution in [-0.4, -0.2) is 35.4 Å². The zero-order valence-corrected chi connectivity index (χ0v) is 11.7. The summed E-state index contributed by atoms with van der Waals surface area (Å²) in [7, 11) is 0. The largest absolute Gasteiger partial charge is 0.387 e. The highest BCUT2D eigenvalue weighted by Gasteiger charge is 2.28. The fraction of sp³-hybridized carbons (Fsp3) is 0.769. The minimum atomic E-state index is -0.352. The maximum absolute atomic E-state index is 9.98. The average Bonchev–Trinajstić information content (AvgIpc) is 2.73. The predicted octanol–water partition coefficient (Wildman–Crippen LogP) is 2.13. The molecule has 1 saturated heterocycles. The summed E-state index contributed by atoms with van der Waals surface area (Å²) in [4.78, 5) is 8.24. The Morgan fingerprint density at radius 2 is 2.06 bits per heavy atom. The van der Waals surface area contributed by atoms with E-state index in [4.69, 9.17) is 4.74 Å². The second kappa shape index (κ2) is 4.79. The number of aromatic nitrogens is 1. The Morgan fingerprint density at radius 1 is 1.33 bits per heavy atom. The highest BCUT2D eigenvalue weighted by atomic mass is 32.1. The van der Waals surface area contributed by atoms with Gasteiger partial charge in [0.2, 0.25) is 0 Å². The summed E-state index contributed by atoms with van der Waals surface area (Å²) < 4.78 is 5.75. The number of thiazole rings is 1. The summed E-state index contributed by atoms with van der Waals surface area (Å²) in [5.41, 5.74) is 0.924. The molecule has 1 fully saturated rings. The molecule has 0 saturated carbocycles. The van der Waals surface area contributed by atoms with Crippen LogP contribution in [0.5, 0.6) is 0 Å². The number of morpholine rings is 1. The Kier molecular flexibility index (Phi) is 3.30. The molecule has 2 heterocycles. The van der Waals surface area contributed by atoms with Crippen molar-refractivity contribution in [2.24, 2.45) is 0 Å². The summed E-state index contributed by atoms with van der Waals surface area (Å²) in [6, 6.07) is 0. The van der Waals surface area contributed by atoms with Crippen LogP contribution in [0, 0.1) is 0 Å². The van der Waals surface area contributed by atoms with Gasteiger partial charge in [-0.05, 0) is 33.1 Å². The number of rotatable bonds is 1. The molecule has 18 heavy (non-hydrogen) atoms. The molecule has 1 aliphatic carbocycles. The molecule has 3 atom stereocenters. The molecule has 4 nitrogen and oxygen atoms in total. The van der Waals surface area contributed by atoms with Gasteiger partial charge >= 0.3 is 0 Å². The standard InChI is InChI=1S/C13H20N2O2S/c1-8-6-15(7-9(2)17-8)13-14-12-10(16)4-3-5-11(12)18-13/h8-10,16H,3-7H2,1-2H3. The first kappa shape index (κ1) is 12.4. The molecule has 3 unspecified atom stereocenters. The highest BCUT2D eigenvalue weighted by Crippen LogP contribution is 2.37. The first-order valence-corrected chi connectivity index (χ1v) is 7.53. The Balaban J connectivity index is 1.84. The maximum Gasteiger partial charge on any atom is 0.186 e. The van der Waals surface area contributed by atoms with Gasteiger partial charge in [-0.1, -0.05) is 0 Å². The van der Waals surface area contributed by atoms with Crippen LogP contribution in [0.1, 0.15) is 43.4 Å². The number of aryl methyl sites for hydroxylation is 1. The van der Waals surface area contributed by atoms with Gasteiger partial charge in [-0.25, -0.2) is 4.98 Å². The van der Waals surface area contributed by atoms with E-state index >= 15 is 0 Å². The third-order valence-electron chi connectivity index (χ3n) is 3.60. The van der Waals surface area contributed by atoms with E-state index in [2.05, 4.69) is 23.7 Å². The molecule has 5 heteroatoms. The van der Waals surface area contributed by atoms with Gasteiger partial charge in [0.1, 0.15) is 0 Å². The van der Waals surface area contributed by atoms with E-state index in [0.717, 1.165) is 43.2 Å². The molecule has 0 amide bonds. The molecule has 1 N–H and O–H groups in total. The van der Waals surface area contributed by atoms with Gasteiger partial charge < -0.3 is 14.7 Å². The van der Waals surface area contributed by atoms with Crippen molar-refractivity contribution in [3.63, 3.8) is 0 Å². The summed E-state index contributed by atoms with van der Waals surface area (Å²) in [6.45, 7) is 6.00. The average molecular weight is 268 g/mol. The fourth-order valence-electron chi connectivity index (χ4n) is 2.85. The quantitative estimate of drug-likeness (QED) is 0.847. The smallest absolute Gasteiger partial charge is 0.186 e. The molecule has 1 aromatic heterocycles. The normalized spacial score (nSPS) is 32.4. The van der Waals surface area contributed by atoms with E-state index in [9.17, 15) is 5.11 Å². The topological polar surface area (TPSA) is 45.6 Å². The van der Waals surface area contributed by atoms with Crippen LogP contribution in [0.3, 0.4) is 0 Å². The van der Waals surface area contributed by atoms with Crippen LogP contribution in [0.2, 0.25) is 0 Å². The lowest BCUT2D eigenvalue weighted by Crippen LogP contribution is -2.45. The SMILES string of the molecule is CC1CN(c2nc3c(s2)CCCC3O)CC(C)O1. The van der Waals surface area contributed by atoms with E-state index in [0.29, 0.717) is 0 Å². The van der Waals surface area contributed by atoms with E-state index in [1.807, 2.05) is 0 Å². The fourth-order valence-corrected chi connectivity index (χ4v) is 4.03. The monoisotopic (exact) mass is 268 g/mol. The number of ether oxygens (including phenoxy) is 1. The number of anilines is 1. The second-order valence-corrected chi connectivity index (χ2v) is 6.44. The lowest BCUT2D eigenvalue weighted by atomic mass is 10.0. The van der Waals surface area contributed by atoms with Crippen LogP contribution in [0.25, 0.3) is 0 Å². The Hall–Kier alpha value is -0.650. The van der Waals surface area contributed by atoms with Gasteiger partial charge in [-0.3, -0.25) is 0 Å². The third kappa shape index (κ3) is 2.27. The molecule has 0 spiro atoms. The summed E-state index contributed by atoms with van der Waals surface area (Å²) in [5.74, 6) is 0. The Morgan fingerprint density at radius 3 is 2.72 bits per heavy atom. The number of aliphatic hydroxyl groups is 1. The summed E-state index contributed by atoms with van der Waals surface area (Å²) in [6.07, 6.45) is 3.14. The van der Waals surface area contributed by atoms with Crippen LogP contribution >= 0.6 is 11.3 Å². The zero-order chi connectivity index (χ0) is 12.7. The van der Waals surface area contributed by atoms with Crippen LogP contribution in [-0.2, 0) is 11.2 Å². The van der Waals surface area contributed by atoms with Crippen molar-refractivity contribution in [3.05, 3.63) is 10.6 Å². The van der Waals surface area contributed by atoms with Gasteiger partial charge in [-0.2, -0.15) is 0 Å². The van der Waals surface area contributed by atoms with Gasteiger partial charge in [0.15, 0.2) is 5.13 Å². The van der Waals surface area contributed by atoms with Crippen LogP contribution < -0.4 is 4.90 Å². The number of hydrogen-bond acceptors (Lipinski definition) is 5. The summed E-state index contributed by atoms with van der Waals surface area (Å²) >= 11 is 1.75. The number of nitrogens with zero attached hydrogens (tertiary/aromatic N) is 2. The Labute approximate surface area is 112 Å². The van der Waals surface area contributed by atoms with Crippen molar-refractivity contribution in [3.8, 4) is 0 Å². The predicted molar refractivity (Wildman–Crippen MR) is 72.2 cm³/mol. The molecule has 0 radical (unpaired) electrons. The van der Waals surface area contributed by atoms with E-state index in [1.54, 1.807) is 11.3 Å². The molecule has 1 aliphatic heterocycles. The van der Waals surface area contributed by atoms with Gasteiger partial charge in [0.25, 0.3) is 0 Å². The Bertz CT molecular complexity index is 425. The molecule has 3 rings (SSSR count). The zero-order valence-electron chi connectivity index (χ0n) is 10.9. The first-order chi connectivity index (χ1) is 8.63. The molecule has 0 aromatic carbocycles. The van der Waals surface area contributed by atoms with Gasteiger partial charge in [0.05, 0.1) is 24.0 Å². The molecular weight excluding hydrogens is 248 g/mol. The second-order valence-electron chi connectivity index (χ2n) is 5.38. The summed E-state index contributed by atoms with van der Waals surface area (Å²) in [5, 5.41) is 11.0. The van der Waals surface area contributed by atoms with Crippen molar-refractivity contribution < 1.29 is 9.84 Å². The molecule has 100 valence electrons. The van der Waals surface area contributed by atoms with E-state index < -0.39 is 0 Å². The van der Waals surface area contributed by atoms with Crippen molar-refractivity contribution in [1.82, 2.24) is 4.98 Å². The molecule has 2 aliphatic rings. The first-order valence-electron chi connectivity index (χ1n) is 6.71. The van der Waals surface area contributed by atoms with Gasteiger partial charge in [-0.15, -0.1) is 11.3 Å².